The van der Waals surface area contributed by atoms with Gasteiger partial charge in [-0.1, -0.05) is 0 Å². The third kappa shape index (κ3) is 3.25. The molecule has 1 atom stereocenters. The zero-order chi connectivity index (χ0) is 12.1. The summed E-state index contributed by atoms with van der Waals surface area (Å²) in [6, 6.07) is 1.55. The molecule has 88 valence electrons. The van der Waals surface area contributed by atoms with Crippen LogP contribution >= 0.6 is 11.6 Å². The van der Waals surface area contributed by atoms with Gasteiger partial charge in [0, 0.05) is 13.0 Å². The Labute approximate surface area is 95.8 Å². The SMILES string of the molecule is O=C(N[C@H](CCO)C(=O)O)c1ccc(Cl)o1. The summed E-state index contributed by atoms with van der Waals surface area (Å²) in [6.07, 6.45) is -0.0739. The summed E-state index contributed by atoms with van der Waals surface area (Å²) in [5.74, 6) is -1.98. The number of aliphatic carboxylic acids is 1. The van der Waals surface area contributed by atoms with Crippen molar-refractivity contribution in [1.82, 2.24) is 5.32 Å². The number of carbonyl (C=O) groups is 2. The number of aliphatic hydroxyl groups excluding tert-OH is 1. The minimum atomic E-state index is -1.22. The normalized spacial score (nSPS) is 12.1. The second kappa shape index (κ2) is 5.53. The molecule has 0 aromatic carbocycles. The molecule has 1 aromatic rings. The molecular weight excluding hydrogens is 238 g/mol. The van der Waals surface area contributed by atoms with Crippen molar-refractivity contribution in [2.75, 3.05) is 6.61 Å². The number of carboxylic acid groups (broad SMARTS) is 1. The summed E-state index contributed by atoms with van der Waals surface area (Å²) in [6.45, 7) is -0.337. The lowest BCUT2D eigenvalue weighted by molar-refractivity contribution is -0.139. The second-order valence-corrected chi connectivity index (χ2v) is 3.35. The number of rotatable bonds is 5. The van der Waals surface area contributed by atoms with Crippen LogP contribution < -0.4 is 5.32 Å². The van der Waals surface area contributed by atoms with Gasteiger partial charge in [0.15, 0.2) is 11.0 Å². The average Bonchev–Trinajstić information content (AvgIpc) is 2.64. The molecule has 3 N–H and O–H groups in total. The van der Waals surface area contributed by atoms with Gasteiger partial charge in [-0.3, -0.25) is 4.79 Å². The van der Waals surface area contributed by atoms with E-state index < -0.39 is 17.9 Å². The molecule has 0 aliphatic rings. The van der Waals surface area contributed by atoms with Gasteiger partial charge in [-0.15, -0.1) is 0 Å². The molecule has 1 aromatic heterocycles. The predicted octanol–water partition coefficient (Wildman–Crippen LogP) is 0.498. The number of carboxylic acids is 1. The van der Waals surface area contributed by atoms with Crippen LogP contribution in [0.3, 0.4) is 0 Å². The molecule has 0 unspecified atom stereocenters. The Balaban J connectivity index is 2.65. The van der Waals surface area contributed by atoms with Crippen LogP contribution in [0.4, 0.5) is 0 Å². The van der Waals surface area contributed by atoms with E-state index in [2.05, 4.69) is 5.32 Å². The highest BCUT2D eigenvalue weighted by Gasteiger charge is 2.21. The van der Waals surface area contributed by atoms with E-state index in [1.807, 2.05) is 0 Å². The first kappa shape index (κ1) is 12.5. The van der Waals surface area contributed by atoms with Crippen molar-refractivity contribution in [1.29, 1.82) is 0 Å². The van der Waals surface area contributed by atoms with Crippen LogP contribution in [0.25, 0.3) is 0 Å². The lowest BCUT2D eigenvalue weighted by atomic mass is 10.2. The van der Waals surface area contributed by atoms with Crippen molar-refractivity contribution >= 4 is 23.5 Å². The number of halogens is 1. The Morgan fingerprint density at radius 2 is 2.19 bits per heavy atom. The molecule has 0 saturated heterocycles. The smallest absolute Gasteiger partial charge is 0.326 e. The highest BCUT2D eigenvalue weighted by atomic mass is 35.5. The van der Waals surface area contributed by atoms with Gasteiger partial charge in [-0.25, -0.2) is 4.79 Å². The number of furan rings is 1. The standard InChI is InChI=1S/C9H10ClNO5/c10-7-2-1-6(16-7)8(13)11-5(3-4-12)9(14)15/h1-2,5,12H,3-4H2,(H,11,13)(H,14,15)/t5-/m1/s1. The summed E-state index contributed by atoms with van der Waals surface area (Å²) in [5, 5.41) is 19.6. The summed E-state index contributed by atoms with van der Waals surface area (Å²) in [4.78, 5) is 22.1. The van der Waals surface area contributed by atoms with E-state index in [0.29, 0.717) is 0 Å². The van der Waals surface area contributed by atoms with Gasteiger partial charge in [0.1, 0.15) is 6.04 Å². The fourth-order valence-corrected chi connectivity index (χ4v) is 1.20. The average molecular weight is 248 g/mol. The first-order valence-corrected chi connectivity index (χ1v) is 4.82. The number of aliphatic hydroxyl groups is 1. The molecule has 0 fully saturated rings. The van der Waals surface area contributed by atoms with Gasteiger partial charge in [0.25, 0.3) is 5.91 Å². The van der Waals surface area contributed by atoms with E-state index >= 15 is 0 Å². The van der Waals surface area contributed by atoms with Crippen LogP contribution in [0, 0.1) is 0 Å². The molecule has 16 heavy (non-hydrogen) atoms. The highest BCUT2D eigenvalue weighted by Crippen LogP contribution is 2.13. The monoisotopic (exact) mass is 247 g/mol. The third-order valence-corrected chi connectivity index (χ3v) is 2.02. The molecule has 0 bridgehead atoms. The van der Waals surface area contributed by atoms with Crippen LogP contribution in [0.5, 0.6) is 0 Å². The molecule has 0 saturated carbocycles. The Kier molecular flexibility index (Phi) is 4.33. The summed E-state index contributed by atoms with van der Waals surface area (Å²) in [7, 11) is 0. The third-order valence-electron chi connectivity index (χ3n) is 1.82. The maximum Gasteiger partial charge on any atom is 0.326 e. The predicted molar refractivity (Wildman–Crippen MR) is 54.3 cm³/mol. The van der Waals surface area contributed by atoms with E-state index in [4.69, 9.17) is 26.2 Å². The van der Waals surface area contributed by atoms with Crippen molar-refractivity contribution in [3.63, 3.8) is 0 Å². The van der Waals surface area contributed by atoms with Crippen LogP contribution in [-0.2, 0) is 4.79 Å². The van der Waals surface area contributed by atoms with E-state index in [9.17, 15) is 9.59 Å². The van der Waals surface area contributed by atoms with E-state index in [1.54, 1.807) is 0 Å². The Morgan fingerprint density at radius 3 is 2.62 bits per heavy atom. The van der Waals surface area contributed by atoms with Gasteiger partial charge < -0.3 is 19.9 Å². The highest BCUT2D eigenvalue weighted by molar-refractivity contribution is 6.29. The summed E-state index contributed by atoms with van der Waals surface area (Å²) >= 11 is 5.46. The maximum absolute atomic E-state index is 11.4. The fraction of sp³-hybridized carbons (Fsp3) is 0.333. The van der Waals surface area contributed by atoms with Crippen LogP contribution in [0.15, 0.2) is 16.5 Å². The van der Waals surface area contributed by atoms with Crippen molar-refractivity contribution in [3.8, 4) is 0 Å². The number of carbonyl (C=O) groups excluding carboxylic acids is 1. The van der Waals surface area contributed by atoms with Crippen LogP contribution in [-0.4, -0.2) is 34.7 Å². The van der Waals surface area contributed by atoms with Gasteiger partial charge in [-0.2, -0.15) is 0 Å². The van der Waals surface area contributed by atoms with Gasteiger partial charge >= 0.3 is 5.97 Å². The Hall–Kier alpha value is -1.53. The molecule has 0 aliphatic heterocycles. The minimum Gasteiger partial charge on any atom is -0.480 e. The minimum absolute atomic E-state index is 0.0409. The number of amides is 1. The van der Waals surface area contributed by atoms with E-state index in [-0.39, 0.29) is 24.0 Å². The Bertz CT molecular complexity index is 389. The van der Waals surface area contributed by atoms with Crippen LogP contribution in [0.2, 0.25) is 5.22 Å². The summed E-state index contributed by atoms with van der Waals surface area (Å²) < 4.78 is 4.80. The first-order chi connectivity index (χ1) is 7.54. The first-order valence-electron chi connectivity index (χ1n) is 4.44. The molecule has 0 aliphatic carbocycles. The molecule has 0 radical (unpaired) electrons. The van der Waals surface area contributed by atoms with E-state index in [1.165, 1.54) is 12.1 Å². The molecule has 1 rings (SSSR count). The Morgan fingerprint density at radius 1 is 1.50 bits per heavy atom. The fourth-order valence-electron chi connectivity index (χ4n) is 1.05. The number of hydrogen-bond acceptors (Lipinski definition) is 4. The van der Waals surface area contributed by atoms with Crippen molar-refractivity contribution in [2.45, 2.75) is 12.5 Å². The molecule has 7 heteroatoms. The lowest BCUT2D eigenvalue weighted by Crippen LogP contribution is -2.41. The largest absolute Gasteiger partial charge is 0.480 e. The molecule has 0 spiro atoms. The van der Waals surface area contributed by atoms with Crippen molar-refractivity contribution in [3.05, 3.63) is 23.1 Å². The van der Waals surface area contributed by atoms with Crippen molar-refractivity contribution in [2.24, 2.45) is 0 Å². The second-order valence-electron chi connectivity index (χ2n) is 2.98. The molecule has 1 amide bonds. The molecular formula is C9H10ClNO5. The van der Waals surface area contributed by atoms with E-state index in [0.717, 1.165) is 0 Å². The maximum atomic E-state index is 11.4. The summed E-state index contributed by atoms with van der Waals surface area (Å²) in [5.41, 5.74) is 0. The quantitative estimate of drug-likeness (QED) is 0.704. The lowest BCUT2D eigenvalue weighted by Gasteiger charge is -2.11. The number of hydrogen-bond donors (Lipinski definition) is 3. The topological polar surface area (TPSA) is 99.8 Å². The van der Waals surface area contributed by atoms with Gasteiger partial charge in [0.05, 0.1) is 0 Å². The number of nitrogens with one attached hydrogen (secondary N) is 1. The van der Waals surface area contributed by atoms with Crippen LogP contribution in [0.1, 0.15) is 17.0 Å². The zero-order valence-electron chi connectivity index (χ0n) is 8.14. The van der Waals surface area contributed by atoms with Gasteiger partial charge in [0.2, 0.25) is 0 Å². The van der Waals surface area contributed by atoms with Crippen molar-refractivity contribution < 1.29 is 24.2 Å². The van der Waals surface area contributed by atoms with Gasteiger partial charge in [-0.05, 0) is 23.7 Å². The molecule has 1 heterocycles. The zero-order valence-corrected chi connectivity index (χ0v) is 8.90. The molecule has 6 nitrogen and oxygen atoms in total.